The lowest BCUT2D eigenvalue weighted by Crippen LogP contribution is -2.48. The molecule has 0 aliphatic carbocycles. The molecule has 2 aromatic rings. The van der Waals surface area contributed by atoms with Gasteiger partial charge in [0.05, 0.1) is 17.4 Å². The Labute approximate surface area is 147 Å². The quantitative estimate of drug-likeness (QED) is 0.875. The first-order valence-corrected chi connectivity index (χ1v) is 8.05. The van der Waals surface area contributed by atoms with Gasteiger partial charge < -0.3 is 10.6 Å². The van der Waals surface area contributed by atoms with Crippen LogP contribution in [0.1, 0.15) is 34.5 Å². The number of piperidine rings is 1. The van der Waals surface area contributed by atoms with E-state index in [0.717, 1.165) is 16.4 Å². The monoisotopic (exact) mass is 366 g/mol. The van der Waals surface area contributed by atoms with Crippen molar-refractivity contribution in [3.63, 3.8) is 0 Å². The Hall–Kier alpha value is -2.84. The van der Waals surface area contributed by atoms with Crippen molar-refractivity contribution in [2.45, 2.75) is 32.0 Å². The van der Waals surface area contributed by atoms with E-state index >= 15 is 0 Å². The van der Waals surface area contributed by atoms with Gasteiger partial charge in [0.1, 0.15) is 0 Å². The number of halogens is 3. The summed E-state index contributed by atoms with van der Waals surface area (Å²) in [7, 11) is 0. The van der Waals surface area contributed by atoms with Crippen molar-refractivity contribution in [1.82, 2.24) is 20.4 Å². The van der Waals surface area contributed by atoms with Crippen LogP contribution in [-0.4, -0.2) is 34.2 Å². The number of hydrogen-bond donors (Lipinski definition) is 2. The molecule has 1 unspecified atom stereocenters. The Morgan fingerprint density at radius 1 is 1.31 bits per heavy atom. The molecule has 1 aliphatic rings. The van der Waals surface area contributed by atoms with Crippen LogP contribution in [0.15, 0.2) is 30.5 Å². The molecule has 2 heterocycles. The number of benzene rings is 1. The lowest BCUT2D eigenvalue weighted by atomic mass is 10.1. The normalized spacial score (nSPS) is 17.7. The van der Waals surface area contributed by atoms with Gasteiger partial charge in [-0.05, 0) is 25.5 Å². The average Bonchev–Trinajstić information content (AvgIpc) is 3.03. The van der Waals surface area contributed by atoms with Gasteiger partial charge in [-0.1, -0.05) is 17.7 Å². The predicted molar refractivity (Wildman–Crippen MR) is 86.8 cm³/mol. The number of rotatable bonds is 3. The molecule has 6 nitrogen and oxygen atoms in total. The Morgan fingerprint density at radius 2 is 2.00 bits per heavy atom. The highest BCUT2D eigenvalue weighted by molar-refractivity contribution is 5.95. The summed E-state index contributed by atoms with van der Waals surface area (Å²) in [5, 5.41) is 8.88. The maximum absolute atomic E-state index is 13.6. The van der Waals surface area contributed by atoms with Crippen LogP contribution in [0, 0.1) is 6.92 Å². The molecule has 9 heteroatoms. The molecule has 1 saturated heterocycles. The van der Waals surface area contributed by atoms with Crippen LogP contribution in [0.2, 0.25) is 0 Å². The van der Waals surface area contributed by atoms with Crippen LogP contribution >= 0.6 is 0 Å². The summed E-state index contributed by atoms with van der Waals surface area (Å²) in [5.74, 6) is -1.00. The molecule has 2 N–H and O–H groups in total. The number of carbonyl (C=O) groups excluding carboxylic acids is 2. The van der Waals surface area contributed by atoms with Gasteiger partial charge in [0, 0.05) is 19.0 Å². The van der Waals surface area contributed by atoms with Crippen molar-refractivity contribution in [1.29, 1.82) is 0 Å². The molecule has 26 heavy (non-hydrogen) atoms. The Bertz CT molecular complexity index is 818. The second kappa shape index (κ2) is 6.81. The van der Waals surface area contributed by atoms with E-state index in [1.807, 2.05) is 6.92 Å². The molecular weight excluding hydrogens is 349 g/mol. The number of nitrogens with one attached hydrogen (secondary N) is 2. The smallest absolute Gasteiger partial charge is 0.354 e. The maximum atomic E-state index is 13.6. The van der Waals surface area contributed by atoms with E-state index < -0.39 is 29.4 Å². The van der Waals surface area contributed by atoms with E-state index in [-0.39, 0.29) is 24.6 Å². The van der Waals surface area contributed by atoms with Crippen LogP contribution in [-0.2, 0) is 11.0 Å². The zero-order valence-corrected chi connectivity index (χ0v) is 13.9. The van der Waals surface area contributed by atoms with E-state index in [1.54, 1.807) is 12.1 Å². The highest BCUT2D eigenvalue weighted by atomic mass is 19.4. The lowest BCUT2D eigenvalue weighted by molar-refractivity contribution is -0.143. The third-order valence-corrected chi connectivity index (χ3v) is 4.16. The SMILES string of the molecule is Cc1ccc(-n2ncc(C(=O)NC3CCC(=O)NC3)c2C(F)(F)F)cc1. The van der Waals surface area contributed by atoms with E-state index in [9.17, 15) is 22.8 Å². The number of carbonyl (C=O) groups is 2. The standard InChI is InChI=1S/C17H17F3N4O2/c1-10-2-5-12(6-3-10)24-15(17(18,19)20)13(9-22-24)16(26)23-11-4-7-14(25)21-8-11/h2-3,5-6,9,11H,4,7-8H2,1H3,(H,21,25)(H,23,26). The molecule has 1 atom stereocenters. The summed E-state index contributed by atoms with van der Waals surface area (Å²) in [4.78, 5) is 23.5. The van der Waals surface area contributed by atoms with Gasteiger partial charge in [-0.3, -0.25) is 9.59 Å². The topological polar surface area (TPSA) is 76.0 Å². The van der Waals surface area contributed by atoms with Crippen molar-refractivity contribution in [2.75, 3.05) is 6.54 Å². The lowest BCUT2D eigenvalue weighted by Gasteiger charge is -2.23. The summed E-state index contributed by atoms with van der Waals surface area (Å²) >= 11 is 0. The molecule has 1 aromatic carbocycles. The highest BCUT2D eigenvalue weighted by Crippen LogP contribution is 2.33. The van der Waals surface area contributed by atoms with E-state index in [4.69, 9.17) is 0 Å². The molecule has 3 rings (SSSR count). The first-order chi connectivity index (χ1) is 12.3. The van der Waals surface area contributed by atoms with Crippen LogP contribution in [0.3, 0.4) is 0 Å². The van der Waals surface area contributed by atoms with E-state index in [0.29, 0.717) is 6.42 Å². The first-order valence-electron chi connectivity index (χ1n) is 8.05. The molecule has 1 fully saturated rings. The van der Waals surface area contributed by atoms with E-state index in [1.165, 1.54) is 12.1 Å². The summed E-state index contributed by atoms with van der Waals surface area (Å²) in [6, 6.07) is 5.94. The first kappa shape index (κ1) is 18.0. The zero-order chi connectivity index (χ0) is 18.9. The summed E-state index contributed by atoms with van der Waals surface area (Å²) in [6.07, 6.45) is -3.24. The summed E-state index contributed by atoms with van der Waals surface area (Å²) < 4.78 is 41.5. The van der Waals surface area contributed by atoms with Gasteiger partial charge >= 0.3 is 6.18 Å². The largest absolute Gasteiger partial charge is 0.434 e. The van der Waals surface area contributed by atoms with Gasteiger partial charge in [-0.25, -0.2) is 4.68 Å². The van der Waals surface area contributed by atoms with Gasteiger partial charge in [0.25, 0.3) is 5.91 Å². The Morgan fingerprint density at radius 3 is 2.58 bits per heavy atom. The Balaban J connectivity index is 1.91. The van der Waals surface area contributed by atoms with Crippen LogP contribution in [0.4, 0.5) is 13.2 Å². The summed E-state index contributed by atoms with van der Waals surface area (Å²) in [6.45, 7) is 2.01. The number of alkyl halides is 3. The second-order valence-electron chi connectivity index (χ2n) is 6.17. The molecule has 1 aliphatic heterocycles. The molecule has 2 amide bonds. The van der Waals surface area contributed by atoms with Gasteiger partial charge in [-0.2, -0.15) is 18.3 Å². The van der Waals surface area contributed by atoms with Gasteiger partial charge in [0.2, 0.25) is 5.91 Å². The number of nitrogens with zero attached hydrogens (tertiary/aromatic N) is 2. The minimum absolute atomic E-state index is 0.140. The molecule has 0 spiro atoms. The van der Waals surface area contributed by atoms with Crippen LogP contribution in [0.25, 0.3) is 5.69 Å². The maximum Gasteiger partial charge on any atom is 0.434 e. The number of aryl methyl sites for hydroxylation is 1. The average molecular weight is 366 g/mol. The van der Waals surface area contributed by atoms with Gasteiger partial charge in [0.15, 0.2) is 5.69 Å². The molecule has 0 saturated carbocycles. The fourth-order valence-corrected chi connectivity index (χ4v) is 2.79. The third kappa shape index (κ3) is 3.71. The number of amides is 2. The molecule has 0 radical (unpaired) electrons. The minimum Gasteiger partial charge on any atom is -0.354 e. The van der Waals surface area contributed by atoms with Gasteiger partial charge in [-0.15, -0.1) is 0 Å². The second-order valence-corrected chi connectivity index (χ2v) is 6.17. The third-order valence-electron chi connectivity index (χ3n) is 4.16. The van der Waals surface area contributed by atoms with Crippen LogP contribution in [0.5, 0.6) is 0 Å². The van der Waals surface area contributed by atoms with Crippen LogP contribution < -0.4 is 10.6 Å². The fourth-order valence-electron chi connectivity index (χ4n) is 2.79. The van der Waals surface area contributed by atoms with Crippen molar-refractivity contribution in [2.24, 2.45) is 0 Å². The number of hydrogen-bond acceptors (Lipinski definition) is 3. The van der Waals surface area contributed by atoms with E-state index in [2.05, 4.69) is 15.7 Å². The fraction of sp³-hybridized carbons (Fsp3) is 0.353. The molecule has 1 aromatic heterocycles. The summed E-state index contributed by atoms with van der Waals surface area (Å²) in [5.41, 5.74) is -0.563. The molecule has 138 valence electrons. The van der Waals surface area contributed by atoms with Crippen molar-refractivity contribution >= 4 is 11.8 Å². The zero-order valence-electron chi connectivity index (χ0n) is 13.9. The molecular formula is C17H17F3N4O2. The minimum atomic E-state index is -4.76. The van der Waals surface area contributed by atoms with Crippen molar-refractivity contribution < 1.29 is 22.8 Å². The predicted octanol–water partition coefficient (Wildman–Crippen LogP) is 2.21. The Kier molecular flexibility index (Phi) is 4.71. The molecule has 0 bridgehead atoms. The highest BCUT2D eigenvalue weighted by Gasteiger charge is 2.41. The van der Waals surface area contributed by atoms with Crippen molar-refractivity contribution in [3.05, 3.63) is 47.3 Å². The van der Waals surface area contributed by atoms with Crippen molar-refractivity contribution in [3.8, 4) is 5.69 Å². The number of aromatic nitrogens is 2.